The fraction of sp³-hybridized carbons (Fsp3) is 0.622. The molecule has 0 aromatic heterocycles. The van der Waals surface area contributed by atoms with Crippen molar-refractivity contribution in [3.8, 4) is 0 Å². The van der Waals surface area contributed by atoms with Gasteiger partial charge in [0.25, 0.3) is 23.6 Å². The van der Waals surface area contributed by atoms with E-state index in [1.54, 1.807) is 33.4 Å². The lowest BCUT2D eigenvalue weighted by Gasteiger charge is -2.32. The van der Waals surface area contributed by atoms with Gasteiger partial charge in [-0.15, -0.1) is 0 Å². The van der Waals surface area contributed by atoms with Crippen molar-refractivity contribution < 1.29 is 87.5 Å². The molecule has 9 amide bonds. The molecule has 0 radical (unpaired) electrons. The van der Waals surface area contributed by atoms with Crippen LogP contribution < -0.4 is 31.9 Å². The normalized spacial score (nSPS) is 17.9. The summed E-state index contributed by atoms with van der Waals surface area (Å²) in [5.74, 6) is -11.6. The summed E-state index contributed by atoms with van der Waals surface area (Å²) < 4.78 is 5.46. The van der Waals surface area contributed by atoms with Crippen molar-refractivity contribution in [2.24, 2.45) is 5.92 Å². The highest BCUT2D eigenvalue weighted by atomic mass is 16.5. The number of carboxylic acid groups (broad SMARTS) is 4. The second kappa shape index (κ2) is 31.5. The van der Waals surface area contributed by atoms with Gasteiger partial charge in [0.05, 0.1) is 39.4 Å². The topological polar surface area (TPSA) is 404 Å². The third-order valence-corrected chi connectivity index (χ3v) is 11.7. The summed E-state index contributed by atoms with van der Waals surface area (Å²) in [6, 6.07) is -5.26. The smallest absolute Gasteiger partial charge is 0.328 e. The Hall–Kier alpha value is -7.25. The van der Waals surface area contributed by atoms with Crippen molar-refractivity contribution in [2.45, 2.75) is 51.4 Å². The molecular formula is C45H68N12O18. The van der Waals surface area contributed by atoms with E-state index in [4.69, 9.17) is 4.74 Å². The van der Waals surface area contributed by atoms with E-state index < -0.39 is 120 Å². The maximum absolute atomic E-state index is 13.2. The van der Waals surface area contributed by atoms with Crippen LogP contribution in [0.5, 0.6) is 0 Å². The van der Waals surface area contributed by atoms with Crippen LogP contribution in [0, 0.1) is 5.92 Å². The molecule has 0 spiro atoms. The average Bonchev–Trinajstić information content (AvgIpc) is 3.84. The monoisotopic (exact) mass is 1060 g/mol. The molecule has 0 aromatic rings. The van der Waals surface area contributed by atoms with Gasteiger partial charge in [0.15, 0.2) is 0 Å². The van der Waals surface area contributed by atoms with Gasteiger partial charge >= 0.3 is 23.9 Å². The summed E-state index contributed by atoms with van der Waals surface area (Å²) in [5, 5.41) is 53.5. The summed E-state index contributed by atoms with van der Waals surface area (Å²) in [7, 11) is 0. The number of imide groups is 2. The summed E-state index contributed by atoms with van der Waals surface area (Å²) in [4.78, 5) is 168. The highest BCUT2D eigenvalue weighted by Crippen LogP contribution is 2.12. The van der Waals surface area contributed by atoms with Crippen LogP contribution in [-0.4, -0.2) is 276 Å². The van der Waals surface area contributed by atoms with Crippen LogP contribution in [0.2, 0.25) is 0 Å². The summed E-state index contributed by atoms with van der Waals surface area (Å²) in [6.45, 7) is 3.99. The largest absolute Gasteiger partial charge is 0.480 e. The van der Waals surface area contributed by atoms with E-state index in [0.717, 1.165) is 24.3 Å². The Labute approximate surface area is 431 Å². The number of hydrogen-bond acceptors (Lipinski definition) is 19. The highest BCUT2D eigenvalue weighted by molar-refractivity contribution is 6.15. The molecule has 416 valence electrons. The molecule has 0 aromatic carbocycles. The van der Waals surface area contributed by atoms with Crippen molar-refractivity contribution in [3.63, 3.8) is 0 Å². The first-order chi connectivity index (χ1) is 35.5. The van der Waals surface area contributed by atoms with Crippen LogP contribution in [0.4, 0.5) is 0 Å². The maximum atomic E-state index is 13.2. The lowest BCUT2D eigenvalue weighted by molar-refractivity contribution is -0.153. The third-order valence-electron chi connectivity index (χ3n) is 11.7. The van der Waals surface area contributed by atoms with Gasteiger partial charge in [-0.3, -0.25) is 86.9 Å². The number of aliphatic carboxylic acids is 4. The van der Waals surface area contributed by atoms with Gasteiger partial charge < -0.3 is 57.1 Å². The first-order valence-electron chi connectivity index (χ1n) is 24.1. The van der Waals surface area contributed by atoms with Gasteiger partial charge in [-0.2, -0.15) is 0 Å². The molecule has 3 rings (SSSR count). The van der Waals surface area contributed by atoms with E-state index in [1.165, 1.54) is 6.92 Å². The van der Waals surface area contributed by atoms with Crippen LogP contribution in [-0.2, 0) is 67.1 Å². The lowest BCUT2D eigenvalue weighted by atomic mass is 10.0. The number of amides is 9. The number of ether oxygens (including phenoxy) is 1. The second-order valence-electron chi connectivity index (χ2n) is 17.9. The number of nitrogens with zero attached hydrogens (tertiary/aromatic N) is 6. The predicted octanol–water partition coefficient (Wildman–Crippen LogP) is -6.88. The summed E-state index contributed by atoms with van der Waals surface area (Å²) in [6.07, 6.45) is 3.49. The minimum absolute atomic E-state index is 0.00609. The summed E-state index contributed by atoms with van der Waals surface area (Å²) in [5.41, 5.74) is 0. The van der Waals surface area contributed by atoms with E-state index in [9.17, 15) is 82.8 Å². The van der Waals surface area contributed by atoms with E-state index >= 15 is 0 Å². The zero-order chi connectivity index (χ0) is 55.8. The molecule has 75 heavy (non-hydrogen) atoms. The van der Waals surface area contributed by atoms with Crippen LogP contribution in [0.25, 0.3) is 0 Å². The first-order valence-corrected chi connectivity index (χ1v) is 24.1. The lowest BCUT2D eigenvalue weighted by Crippen LogP contribution is -2.57. The predicted molar refractivity (Wildman–Crippen MR) is 258 cm³/mol. The molecule has 0 bridgehead atoms. The van der Waals surface area contributed by atoms with Gasteiger partial charge in [-0.25, -0.2) is 4.79 Å². The molecule has 30 nitrogen and oxygen atoms in total. The van der Waals surface area contributed by atoms with Gasteiger partial charge in [0.2, 0.25) is 29.5 Å². The highest BCUT2D eigenvalue weighted by Gasteiger charge is 2.39. The van der Waals surface area contributed by atoms with Crippen LogP contribution in [0.15, 0.2) is 24.3 Å². The van der Waals surface area contributed by atoms with Crippen molar-refractivity contribution >= 4 is 77.0 Å². The molecule has 1 saturated heterocycles. The van der Waals surface area contributed by atoms with Crippen molar-refractivity contribution in [2.75, 3.05) is 124 Å². The van der Waals surface area contributed by atoms with Crippen molar-refractivity contribution in [1.29, 1.82) is 0 Å². The number of carboxylic acids is 4. The van der Waals surface area contributed by atoms with Gasteiger partial charge in [0, 0.05) is 116 Å². The molecule has 30 heteroatoms. The minimum atomic E-state index is -1.65. The molecule has 3 aliphatic rings. The Morgan fingerprint density at radius 1 is 0.507 bits per heavy atom. The summed E-state index contributed by atoms with van der Waals surface area (Å²) >= 11 is 0. The molecule has 4 atom stereocenters. The number of carbonyl (C=O) groups excluding carboxylic acids is 9. The quantitative estimate of drug-likeness (QED) is 0.0236. The van der Waals surface area contributed by atoms with Gasteiger partial charge in [-0.1, -0.05) is 13.8 Å². The Kier molecular flexibility index (Phi) is 26.0. The fourth-order valence-corrected chi connectivity index (χ4v) is 7.75. The van der Waals surface area contributed by atoms with Crippen LogP contribution in [0.1, 0.15) is 27.2 Å². The Morgan fingerprint density at radius 3 is 1.36 bits per heavy atom. The molecule has 0 unspecified atom stereocenters. The molecular weight excluding hydrogens is 997 g/mol. The average molecular weight is 1070 g/mol. The van der Waals surface area contributed by atoms with Crippen molar-refractivity contribution in [1.82, 2.24) is 61.3 Å². The van der Waals surface area contributed by atoms with E-state index in [0.29, 0.717) is 9.80 Å². The van der Waals surface area contributed by atoms with E-state index in [1.807, 2.05) is 0 Å². The zero-order valence-electron chi connectivity index (χ0n) is 42.0. The number of hydrogen-bond donors (Lipinski definition) is 10. The minimum Gasteiger partial charge on any atom is -0.480 e. The number of carbonyl (C=O) groups is 13. The zero-order valence-corrected chi connectivity index (χ0v) is 42.0. The Bertz CT molecular complexity index is 2110. The van der Waals surface area contributed by atoms with E-state index in [2.05, 4.69) is 31.9 Å². The third kappa shape index (κ3) is 22.0. The number of rotatable bonds is 30. The van der Waals surface area contributed by atoms with E-state index in [-0.39, 0.29) is 118 Å². The van der Waals surface area contributed by atoms with Gasteiger partial charge in [0.1, 0.15) is 24.2 Å². The number of nitrogens with one attached hydrogen (secondary N) is 6. The second-order valence-corrected chi connectivity index (χ2v) is 17.9. The molecule has 1 fully saturated rings. The molecule has 0 aliphatic carbocycles. The Balaban J connectivity index is 1.41. The SMILES string of the molecule is CC(C)[C@H](NC(=O)CCOCCNC(=O)[C@H](CNC[C@@H](C(=O)O)N1C(=O)C=CC1=O)N1C(=O)C=CC1=O)C(=O)N[C@@H](C)C(=O)NCCNC(=O)CN1CCN(CC(=O)O)CCN(CC(=O)O)CCN(CC(=O)O)CC1. The molecule has 3 heterocycles. The fourth-order valence-electron chi connectivity index (χ4n) is 7.75. The van der Waals surface area contributed by atoms with Gasteiger partial charge in [-0.05, 0) is 12.8 Å². The molecule has 10 N–H and O–H groups in total. The maximum Gasteiger partial charge on any atom is 0.328 e. The molecule has 0 saturated carbocycles. The first kappa shape index (κ1) is 62.0. The molecule has 3 aliphatic heterocycles. The van der Waals surface area contributed by atoms with Crippen LogP contribution >= 0.6 is 0 Å². The Morgan fingerprint density at radius 2 is 0.920 bits per heavy atom. The standard InChI is InChI=1S/C45H68N12O18/c1-28(2)41(51-32(58)8-20-75-21-11-49-43(71)30(56-34(60)4-5-35(56)61)22-46-23-31(45(73)74)57-36(62)6-7-37(57)63)44(72)50-29(3)42(70)48-10-9-47-33(59)24-52-12-14-53(25-38(64)65)16-18-55(27-40(68)69)19-17-54(15-13-52)26-39(66)67/h4-7,28-31,41,46H,8-27H2,1-3H3,(H,47,59)(H,48,70)(H,49,71)(H,50,72)(H,51,58)(H,64,65)(H,66,67)(H,68,69)(H,73,74)/t29-,30-,31-,41-/m0/s1. The van der Waals surface area contributed by atoms with Crippen molar-refractivity contribution in [3.05, 3.63) is 24.3 Å². The van der Waals surface area contributed by atoms with Crippen LogP contribution in [0.3, 0.4) is 0 Å².